The van der Waals surface area contributed by atoms with E-state index in [0.717, 1.165) is 25.6 Å². The zero-order valence-electron chi connectivity index (χ0n) is 10.4. The molecule has 0 bridgehead atoms. The van der Waals surface area contributed by atoms with Gasteiger partial charge in [-0.3, -0.25) is 4.90 Å². The summed E-state index contributed by atoms with van der Waals surface area (Å²) in [5, 5.41) is 0. The van der Waals surface area contributed by atoms with E-state index in [9.17, 15) is 0 Å². The van der Waals surface area contributed by atoms with Crippen LogP contribution in [-0.2, 0) is 13.0 Å². The van der Waals surface area contributed by atoms with Crippen molar-refractivity contribution in [2.24, 2.45) is 0 Å². The van der Waals surface area contributed by atoms with E-state index in [1.807, 2.05) is 6.08 Å². The Balaban J connectivity index is 1.95. The van der Waals surface area contributed by atoms with Gasteiger partial charge in [0.25, 0.3) is 0 Å². The fraction of sp³-hybridized carbons (Fsp3) is 0.467. The monoisotopic (exact) mass is 249 g/mol. The van der Waals surface area contributed by atoms with Gasteiger partial charge in [-0.25, -0.2) is 0 Å². The van der Waals surface area contributed by atoms with Crippen LogP contribution < -0.4 is 0 Å². The first-order chi connectivity index (χ1) is 8.33. The minimum absolute atomic E-state index is 0.772. The van der Waals surface area contributed by atoms with Crippen molar-refractivity contribution < 1.29 is 0 Å². The molecule has 0 spiro atoms. The Labute approximate surface area is 109 Å². The summed E-state index contributed by atoms with van der Waals surface area (Å²) in [6.07, 6.45) is 5.81. The second-order valence-electron chi connectivity index (χ2n) is 4.69. The molecule has 1 saturated carbocycles. The highest BCUT2D eigenvalue weighted by Gasteiger charge is 2.27. The van der Waals surface area contributed by atoms with E-state index in [1.54, 1.807) is 5.54 Å². The van der Waals surface area contributed by atoms with E-state index < -0.39 is 0 Å². The van der Waals surface area contributed by atoms with Gasteiger partial charge in [0.1, 0.15) is 0 Å². The Morgan fingerprint density at radius 1 is 1.24 bits per heavy atom. The third-order valence-corrected chi connectivity index (χ3v) is 3.49. The molecule has 0 amide bonds. The van der Waals surface area contributed by atoms with E-state index in [2.05, 4.69) is 36.1 Å². The average molecular weight is 250 g/mol. The van der Waals surface area contributed by atoms with Gasteiger partial charge >= 0.3 is 0 Å². The van der Waals surface area contributed by atoms with E-state index in [4.69, 9.17) is 11.6 Å². The quantitative estimate of drug-likeness (QED) is 0.738. The van der Waals surface area contributed by atoms with Crippen molar-refractivity contribution in [3.8, 4) is 0 Å². The Bertz CT molecular complexity index is 365. The largest absolute Gasteiger partial charge is 0.292 e. The predicted molar refractivity (Wildman–Crippen MR) is 74.2 cm³/mol. The summed E-state index contributed by atoms with van der Waals surface area (Å²) in [4.78, 5) is 2.50. The van der Waals surface area contributed by atoms with Crippen LogP contribution in [0, 0.1) is 0 Å². The van der Waals surface area contributed by atoms with E-state index in [-0.39, 0.29) is 0 Å². The van der Waals surface area contributed by atoms with Crippen molar-refractivity contribution in [3.63, 3.8) is 0 Å². The van der Waals surface area contributed by atoms with Crippen LogP contribution in [0.15, 0.2) is 35.9 Å². The topological polar surface area (TPSA) is 3.24 Å². The van der Waals surface area contributed by atoms with Gasteiger partial charge in [-0.1, -0.05) is 48.9 Å². The van der Waals surface area contributed by atoms with Gasteiger partial charge in [-0.2, -0.15) is 0 Å². The number of nitrogens with zero attached hydrogens (tertiary/aromatic N) is 1. The number of halogens is 1. The molecule has 0 N–H and O–H groups in total. The third kappa shape index (κ3) is 3.86. The number of benzene rings is 1. The molecule has 1 aliphatic carbocycles. The number of aryl methyl sites for hydroxylation is 1. The summed E-state index contributed by atoms with van der Waals surface area (Å²) in [6.45, 7) is 4.19. The van der Waals surface area contributed by atoms with Crippen molar-refractivity contribution in [2.75, 3.05) is 6.54 Å². The molecule has 0 unspecified atom stereocenters. The van der Waals surface area contributed by atoms with Gasteiger partial charge in [0.15, 0.2) is 0 Å². The van der Waals surface area contributed by atoms with Crippen LogP contribution in [0.4, 0.5) is 0 Å². The molecule has 0 heterocycles. The van der Waals surface area contributed by atoms with Crippen LogP contribution in [-0.4, -0.2) is 17.5 Å². The van der Waals surface area contributed by atoms with Gasteiger partial charge in [-0.15, -0.1) is 0 Å². The van der Waals surface area contributed by atoms with Crippen LogP contribution in [0.25, 0.3) is 0 Å². The summed E-state index contributed by atoms with van der Waals surface area (Å²) in [5.41, 5.74) is 4.43. The lowest BCUT2D eigenvalue weighted by Gasteiger charge is -2.20. The van der Waals surface area contributed by atoms with E-state index >= 15 is 0 Å². The lowest BCUT2D eigenvalue weighted by Crippen LogP contribution is -2.25. The molecule has 0 aliphatic heterocycles. The van der Waals surface area contributed by atoms with E-state index in [0.29, 0.717) is 0 Å². The van der Waals surface area contributed by atoms with Crippen molar-refractivity contribution in [1.82, 2.24) is 4.90 Å². The molecule has 0 aromatic heterocycles. The SMILES string of the molecule is CCc1ccc(CN(CC=CCl)C2CC2)cc1. The summed E-state index contributed by atoms with van der Waals surface area (Å²) < 4.78 is 0. The van der Waals surface area contributed by atoms with Crippen LogP contribution >= 0.6 is 11.6 Å². The molecule has 1 fully saturated rings. The highest BCUT2D eigenvalue weighted by atomic mass is 35.5. The van der Waals surface area contributed by atoms with Crippen LogP contribution in [0.2, 0.25) is 0 Å². The summed E-state index contributed by atoms with van der Waals surface area (Å²) >= 11 is 5.61. The predicted octanol–water partition coefficient (Wildman–Crippen LogP) is 3.97. The fourth-order valence-electron chi connectivity index (χ4n) is 2.07. The van der Waals surface area contributed by atoms with E-state index in [1.165, 1.54) is 24.0 Å². The van der Waals surface area contributed by atoms with Crippen LogP contribution in [0.3, 0.4) is 0 Å². The Hall–Kier alpha value is -0.790. The number of hydrogen-bond acceptors (Lipinski definition) is 1. The molecule has 0 atom stereocenters. The highest BCUT2D eigenvalue weighted by molar-refractivity contribution is 6.25. The van der Waals surface area contributed by atoms with Gasteiger partial charge in [-0.05, 0) is 30.4 Å². The second-order valence-corrected chi connectivity index (χ2v) is 4.94. The third-order valence-electron chi connectivity index (χ3n) is 3.31. The second kappa shape index (κ2) is 6.23. The van der Waals surface area contributed by atoms with Gasteiger partial charge in [0.2, 0.25) is 0 Å². The van der Waals surface area contributed by atoms with Crippen LogP contribution in [0.5, 0.6) is 0 Å². The van der Waals surface area contributed by atoms with Gasteiger partial charge < -0.3 is 0 Å². The van der Waals surface area contributed by atoms with Crippen molar-refractivity contribution in [1.29, 1.82) is 0 Å². The highest BCUT2D eigenvalue weighted by Crippen LogP contribution is 2.28. The summed E-state index contributed by atoms with van der Waals surface area (Å²) in [5.74, 6) is 0. The average Bonchev–Trinajstić information content (AvgIpc) is 3.19. The molecule has 1 aromatic rings. The maximum atomic E-state index is 5.61. The fourth-order valence-corrected chi connectivity index (χ4v) is 2.15. The minimum atomic E-state index is 0.772. The minimum Gasteiger partial charge on any atom is -0.292 e. The first kappa shape index (κ1) is 12.7. The maximum absolute atomic E-state index is 5.61. The van der Waals surface area contributed by atoms with Crippen molar-refractivity contribution in [3.05, 3.63) is 47.0 Å². The molecule has 0 saturated heterocycles. The molecule has 0 radical (unpaired) electrons. The Morgan fingerprint density at radius 3 is 2.41 bits per heavy atom. The first-order valence-electron chi connectivity index (χ1n) is 6.40. The van der Waals surface area contributed by atoms with Gasteiger partial charge in [0, 0.05) is 24.7 Å². The van der Waals surface area contributed by atoms with Crippen molar-refractivity contribution in [2.45, 2.75) is 38.8 Å². The lowest BCUT2D eigenvalue weighted by molar-refractivity contribution is 0.284. The molecule has 1 nitrogen and oxygen atoms in total. The summed E-state index contributed by atoms with van der Waals surface area (Å²) in [7, 11) is 0. The smallest absolute Gasteiger partial charge is 0.0239 e. The van der Waals surface area contributed by atoms with Crippen LogP contribution in [0.1, 0.15) is 30.9 Å². The Morgan fingerprint density at radius 2 is 1.88 bits per heavy atom. The lowest BCUT2D eigenvalue weighted by atomic mass is 10.1. The Kier molecular flexibility index (Phi) is 4.64. The standard InChI is InChI=1S/C15H20ClN/c1-2-13-4-6-14(7-5-13)12-17(11-3-10-16)15-8-9-15/h3-7,10,15H,2,8-9,11-12H2,1H3. The normalized spacial score (nSPS) is 15.9. The first-order valence-corrected chi connectivity index (χ1v) is 6.84. The molecule has 2 heteroatoms. The molecule has 2 rings (SSSR count). The molecule has 1 aliphatic rings. The molecular weight excluding hydrogens is 230 g/mol. The van der Waals surface area contributed by atoms with Crippen molar-refractivity contribution >= 4 is 11.6 Å². The molecule has 92 valence electrons. The number of rotatable bonds is 6. The zero-order chi connectivity index (χ0) is 12.1. The molecule has 1 aromatic carbocycles. The molecule has 17 heavy (non-hydrogen) atoms. The van der Waals surface area contributed by atoms with Gasteiger partial charge in [0.05, 0.1) is 0 Å². The maximum Gasteiger partial charge on any atom is 0.0239 e. The number of hydrogen-bond donors (Lipinski definition) is 0. The molecular formula is C15H20ClN. The summed E-state index contributed by atoms with van der Waals surface area (Å²) in [6, 6.07) is 9.74. The zero-order valence-corrected chi connectivity index (χ0v) is 11.2.